The molecule has 1 aliphatic heterocycles. The zero-order chi connectivity index (χ0) is 8.39. The summed E-state index contributed by atoms with van der Waals surface area (Å²) < 4.78 is 0. The van der Waals surface area contributed by atoms with Crippen molar-refractivity contribution in [1.82, 2.24) is 9.97 Å². The Kier molecular flexibility index (Phi) is 1.89. The maximum atomic E-state index is 4.85. The molecule has 1 aromatic rings. The molecule has 0 N–H and O–H groups in total. The molecular formula is C7H9N3O2. The van der Waals surface area contributed by atoms with E-state index >= 15 is 0 Å². The van der Waals surface area contributed by atoms with Crippen LogP contribution in [0.3, 0.4) is 0 Å². The smallest absolute Gasteiger partial charge is 0.155 e. The van der Waals surface area contributed by atoms with Gasteiger partial charge in [0.1, 0.15) is 12.3 Å². The van der Waals surface area contributed by atoms with Crippen molar-refractivity contribution >= 4 is 5.82 Å². The SMILES string of the molecule is CN1COOCc2nccnc21. The highest BCUT2D eigenvalue weighted by Crippen LogP contribution is 2.16. The molecule has 0 amide bonds. The molecule has 0 radical (unpaired) electrons. The van der Waals surface area contributed by atoms with E-state index < -0.39 is 0 Å². The van der Waals surface area contributed by atoms with Crippen molar-refractivity contribution in [2.45, 2.75) is 6.61 Å². The number of aromatic nitrogens is 2. The third kappa shape index (κ3) is 1.24. The number of hydrogen-bond donors (Lipinski definition) is 0. The molecule has 1 aromatic heterocycles. The lowest BCUT2D eigenvalue weighted by Crippen LogP contribution is -2.20. The topological polar surface area (TPSA) is 47.5 Å². The Balaban J connectivity index is 2.39. The Bertz CT molecular complexity index is 279. The molecule has 1 aliphatic rings. The molecule has 0 atom stereocenters. The number of rotatable bonds is 0. The summed E-state index contributed by atoms with van der Waals surface area (Å²) >= 11 is 0. The summed E-state index contributed by atoms with van der Waals surface area (Å²) in [6, 6.07) is 0. The Hall–Kier alpha value is -1.20. The largest absolute Gasteiger partial charge is 0.332 e. The highest BCUT2D eigenvalue weighted by molar-refractivity contribution is 5.41. The Morgan fingerprint density at radius 2 is 2.17 bits per heavy atom. The molecule has 0 aromatic carbocycles. The molecule has 12 heavy (non-hydrogen) atoms. The third-order valence-corrected chi connectivity index (χ3v) is 1.64. The van der Waals surface area contributed by atoms with Crippen molar-refractivity contribution in [3.05, 3.63) is 18.1 Å². The van der Waals surface area contributed by atoms with Crippen LogP contribution in [0.2, 0.25) is 0 Å². The van der Waals surface area contributed by atoms with Gasteiger partial charge >= 0.3 is 0 Å². The van der Waals surface area contributed by atoms with Gasteiger partial charge in [0.05, 0.1) is 0 Å². The van der Waals surface area contributed by atoms with Crippen molar-refractivity contribution in [2.24, 2.45) is 0 Å². The summed E-state index contributed by atoms with van der Waals surface area (Å²) in [4.78, 5) is 19.8. The van der Waals surface area contributed by atoms with E-state index in [2.05, 4.69) is 9.97 Å². The van der Waals surface area contributed by atoms with E-state index in [9.17, 15) is 0 Å². The van der Waals surface area contributed by atoms with Crippen LogP contribution in [-0.2, 0) is 16.4 Å². The van der Waals surface area contributed by atoms with Crippen molar-refractivity contribution in [1.29, 1.82) is 0 Å². The van der Waals surface area contributed by atoms with Crippen LogP contribution in [0.15, 0.2) is 12.4 Å². The van der Waals surface area contributed by atoms with Gasteiger partial charge in [-0.1, -0.05) is 0 Å². The standard InChI is InChI=1S/C7H9N3O2/c1-10-5-12-11-4-6-7(10)9-3-2-8-6/h2-3H,4-5H2,1H3. The van der Waals surface area contributed by atoms with Gasteiger partial charge in [-0.05, 0) is 0 Å². The lowest BCUT2D eigenvalue weighted by Gasteiger charge is -2.13. The maximum absolute atomic E-state index is 4.85. The first kappa shape index (κ1) is 7.45. The highest BCUT2D eigenvalue weighted by Gasteiger charge is 2.14. The number of nitrogens with zero attached hydrogens (tertiary/aromatic N) is 3. The van der Waals surface area contributed by atoms with Gasteiger partial charge < -0.3 is 4.90 Å². The minimum Gasteiger partial charge on any atom is -0.332 e. The van der Waals surface area contributed by atoms with Gasteiger partial charge in [0.25, 0.3) is 0 Å². The second-order valence-corrected chi connectivity index (χ2v) is 2.53. The maximum Gasteiger partial charge on any atom is 0.155 e. The molecule has 0 saturated heterocycles. The Morgan fingerprint density at radius 3 is 3.08 bits per heavy atom. The summed E-state index contributed by atoms with van der Waals surface area (Å²) in [6.07, 6.45) is 3.29. The van der Waals surface area contributed by atoms with Crippen molar-refractivity contribution in [3.63, 3.8) is 0 Å². The highest BCUT2D eigenvalue weighted by atomic mass is 17.2. The molecule has 64 valence electrons. The van der Waals surface area contributed by atoms with Crippen LogP contribution in [0.25, 0.3) is 0 Å². The molecule has 5 heteroatoms. The summed E-state index contributed by atoms with van der Waals surface area (Å²) in [5, 5.41) is 0. The van der Waals surface area contributed by atoms with E-state index in [0.717, 1.165) is 11.5 Å². The van der Waals surface area contributed by atoms with Crippen LogP contribution in [0.1, 0.15) is 5.69 Å². The van der Waals surface area contributed by atoms with Gasteiger partial charge in [0, 0.05) is 19.4 Å². The monoisotopic (exact) mass is 167 g/mol. The molecule has 0 unspecified atom stereocenters. The van der Waals surface area contributed by atoms with E-state index in [4.69, 9.17) is 9.78 Å². The van der Waals surface area contributed by atoms with E-state index in [-0.39, 0.29) is 0 Å². The molecule has 5 nitrogen and oxygen atoms in total. The van der Waals surface area contributed by atoms with E-state index in [1.54, 1.807) is 12.4 Å². The van der Waals surface area contributed by atoms with Crippen LogP contribution < -0.4 is 4.90 Å². The lowest BCUT2D eigenvalue weighted by atomic mass is 10.4. The number of anilines is 1. The Morgan fingerprint density at radius 1 is 1.33 bits per heavy atom. The first-order valence-corrected chi connectivity index (χ1v) is 3.63. The minimum atomic E-state index is 0.355. The van der Waals surface area contributed by atoms with Crippen molar-refractivity contribution in [3.8, 4) is 0 Å². The van der Waals surface area contributed by atoms with Crippen LogP contribution in [0, 0.1) is 0 Å². The average molecular weight is 167 g/mol. The summed E-state index contributed by atoms with van der Waals surface area (Å²) in [7, 11) is 1.88. The zero-order valence-electron chi connectivity index (χ0n) is 6.73. The molecule has 0 aliphatic carbocycles. The normalized spacial score (nSPS) is 16.9. The minimum absolute atomic E-state index is 0.355. The van der Waals surface area contributed by atoms with Gasteiger partial charge in [0.15, 0.2) is 12.5 Å². The first-order valence-electron chi connectivity index (χ1n) is 3.63. The average Bonchev–Trinajstić information content (AvgIpc) is 2.29. The van der Waals surface area contributed by atoms with Gasteiger partial charge in [-0.3, -0.25) is 4.98 Å². The van der Waals surface area contributed by atoms with Gasteiger partial charge in [-0.25, -0.2) is 14.8 Å². The van der Waals surface area contributed by atoms with Gasteiger partial charge in [-0.2, -0.15) is 0 Å². The third-order valence-electron chi connectivity index (χ3n) is 1.64. The molecule has 2 rings (SSSR count). The van der Waals surface area contributed by atoms with E-state index in [1.807, 2.05) is 11.9 Å². The van der Waals surface area contributed by atoms with E-state index in [1.165, 1.54) is 0 Å². The van der Waals surface area contributed by atoms with Crippen LogP contribution in [0.4, 0.5) is 5.82 Å². The predicted molar refractivity (Wildman–Crippen MR) is 41.2 cm³/mol. The number of hydrogen-bond acceptors (Lipinski definition) is 5. The molecular weight excluding hydrogens is 158 g/mol. The van der Waals surface area contributed by atoms with Crippen LogP contribution in [0.5, 0.6) is 0 Å². The summed E-state index contributed by atoms with van der Waals surface area (Å²) in [6.45, 7) is 0.735. The summed E-state index contributed by atoms with van der Waals surface area (Å²) in [5.74, 6) is 0.815. The lowest BCUT2D eigenvalue weighted by molar-refractivity contribution is -0.300. The quantitative estimate of drug-likeness (QED) is 0.521. The second-order valence-electron chi connectivity index (χ2n) is 2.53. The number of fused-ring (bicyclic) bond motifs is 1. The van der Waals surface area contributed by atoms with E-state index in [0.29, 0.717) is 13.3 Å². The zero-order valence-corrected chi connectivity index (χ0v) is 6.73. The first-order chi connectivity index (χ1) is 5.88. The van der Waals surface area contributed by atoms with Crippen LogP contribution in [-0.4, -0.2) is 23.7 Å². The fraction of sp³-hybridized carbons (Fsp3) is 0.429. The van der Waals surface area contributed by atoms with Crippen LogP contribution >= 0.6 is 0 Å². The van der Waals surface area contributed by atoms with Gasteiger partial charge in [0.2, 0.25) is 0 Å². The fourth-order valence-corrected chi connectivity index (χ4v) is 1.06. The fourth-order valence-electron chi connectivity index (χ4n) is 1.06. The molecule has 0 bridgehead atoms. The second kappa shape index (κ2) is 3.04. The van der Waals surface area contributed by atoms with Gasteiger partial charge in [-0.15, -0.1) is 0 Å². The molecule has 0 saturated carbocycles. The van der Waals surface area contributed by atoms with Crippen molar-refractivity contribution < 1.29 is 9.78 Å². The molecule has 0 fully saturated rings. The molecule has 0 spiro atoms. The molecule has 2 heterocycles. The summed E-state index contributed by atoms with van der Waals surface area (Å²) in [5.41, 5.74) is 0.803. The predicted octanol–water partition coefficient (Wildman–Crippen LogP) is 0.332. The van der Waals surface area contributed by atoms with Crippen molar-refractivity contribution in [2.75, 3.05) is 18.7 Å². The Labute approximate surface area is 69.9 Å².